The van der Waals surface area contributed by atoms with Gasteiger partial charge < -0.3 is 14.8 Å². The molecular weight excluding hydrogens is 358 g/mol. The van der Waals surface area contributed by atoms with Gasteiger partial charge in [-0.1, -0.05) is 12.1 Å². The van der Waals surface area contributed by atoms with E-state index in [-0.39, 0.29) is 25.1 Å². The fourth-order valence-corrected chi connectivity index (χ4v) is 3.15. The van der Waals surface area contributed by atoms with E-state index < -0.39 is 5.69 Å². The Morgan fingerprint density at radius 2 is 2.08 bits per heavy atom. The Hall–Kier alpha value is -3.14. The smallest absolute Gasteiger partial charge is 0.369 e. The number of carbonyl (C=O) groups excluding carboxylic acids is 1. The van der Waals surface area contributed by atoms with Crippen LogP contribution in [0.1, 0.15) is 0 Å². The Morgan fingerprint density at radius 1 is 1.23 bits per heavy atom. The number of nitrogens with one attached hydrogen (secondary N) is 1. The van der Waals surface area contributed by atoms with Crippen LogP contribution in [0.3, 0.4) is 0 Å². The van der Waals surface area contributed by atoms with E-state index in [4.69, 9.17) is 9.47 Å². The molecule has 3 heterocycles. The van der Waals surface area contributed by atoms with Gasteiger partial charge in [0.1, 0.15) is 24.3 Å². The number of carbonyl (C=O) groups is 1. The number of ether oxygens (including phenoxy) is 2. The zero-order chi connectivity index (χ0) is 17.9. The molecule has 0 spiro atoms. The van der Waals surface area contributed by atoms with Gasteiger partial charge in [0.2, 0.25) is 5.91 Å². The van der Waals surface area contributed by atoms with Gasteiger partial charge >= 0.3 is 5.69 Å². The van der Waals surface area contributed by atoms with Crippen LogP contribution in [0.4, 0.5) is 0 Å². The van der Waals surface area contributed by atoms with E-state index in [0.29, 0.717) is 23.1 Å². The first-order chi connectivity index (χ1) is 12.7. The van der Waals surface area contributed by atoms with Crippen LogP contribution in [-0.4, -0.2) is 45.0 Å². The van der Waals surface area contributed by atoms with Crippen LogP contribution < -0.4 is 20.5 Å². The average Bonchev–Trinajstić information content (AvgIpc) is 3.30. The molecular formula is C16H15N5O4S. The molecule has 0 saturated carbocycles. The molecule has 1 aliphatic heterocycles. The molecule has 134 valence electrons. The van der Waals surface area contributed by atoms with E-state index in [1.165, 1.54) is 11.3 Å². The van der Waals surface area contributed by atoms with Crippen LogP contribution in [-0.2, 0) is 11.3 Å². The first-order valence-corrected chi connectivity index (χ1v) is 8.80. The summed E-state index contributed by atoms with van der Waals surface area (Å²) in [4.78, 5) is 24.3. The maximum atomic E-state index is 12.2. The zero-order valence-electron chi connectivity index (χ0n) is 13.6. The normalized spacial score (nSPS) is 15.6. The summed E-state index contributed by atoms with van der Waals surface area (Å²) in [5.41, 5.74) is -0.464. The summed E-state index contributed by atoms with van der Waals surface area (Å²) in [7, 11) is 0. The molecule has 1 amide bonds. The Morgan fingerprint density at radius 3 is 2.88 bits per heavy atom. The van der Waals surface area contributed by atoms with Crippen molar-refractivity contribution in [3.63, 3.8) is 0 Å². The van der Waals surface area contributed by atoms with Crippen LogP contribution in [0.15, 0.2) is 46.6 Å². The number of hydrogen-bond donors (Lipinski definition) is 1. The molecule has 3 aromatic rings. The topological polar surface area (TPSA) is 100 Å². The second-order valence-corrected chi connectivity index (χ2v) is 6.51. The van der Waals surface area contributed by atoms with Crippen LogP contribution in [0.5, 0.6) is 11.5 Å². The fraction of sp³-hybridized carbons (Fsp3) is 0.250. The molecule has 4 rings (SSSR count). The highest BCUT2D eigenvalue weighted by Crippen LogP contribution is 2.30. The fourth-order valence-electron chi connectivity index (χ4n) is 2.49. The average molecular weight is 373 g/mol. The number of fused-ring (bicyclic) bond motifs is 1. The van der Waals surface area contributed by atoms with Crippen molar-refractivity contribution in [2.24, 2.45) is 0 Å². The van der Waals surface area contributed by atoms with E-state index >= 15 is 0 Å². The van der Waals surface area contributed by atoms with Crippen molar-refractivity contribution >= 4 is 17.2 Å². The van der Waals surface area contributed by atoms with Crippen LogP contribution in [0.2, 0.25) is 0 Å². The van der Waals surface area contributed by atoms with Crippen molar-refractivity contribution in [2.45, 2.75) is 12.6 Å². The number of para-hydroxylation sites is 2. The highest BCUT2D eigenvalue weighted by Gasteiger charge is 2.21. The molecule has 26 heavy (non-hydrogen) atoms. The summed E-state index contributed by atoms with van der Waals surface area (Å²) in [5, 5.41) is 12.7. The van der Waals surface area contributed by atoms with Crippen LogP contribution >= 0.6 is 11.3 Å². The van der Waals surface area contributed by atoms with Crippen molar-refractivity contribution in [3.8, 4) is 16.5 Å². The van der Waals surface area contributed by atoms with Gasteiger partial charge in [0, 0.05) is 0 Å². The maximum Gasteiger partial charge on any atom is 0.369 e. The minimum atomic E-state index is -0.464. The second-order valence-electron chi connectivity index (χ2n) is 5.58. The van der Waals surface area contributed by atoms with Crippen molar-refractivity contribution in [1.82, 2.24) is 25.1 Å². The first-order valence-electron chi connectivity index (χ1n) is 7.92. The molecule has 9 nitrogen and oxygen atoms in total. The highest BCUT2D eigenvalue weighted by atomic mass is 32.1. The summed E-state index contributed by atoms with van der Waals surface area (Å²) in [6.07, 6.45) is -0.299. The number of amides is 1. The number of nitrogens with zero attached hydrogens (tertiary/aromatic N) is 4. The van der Waals surface area contributed by atoms with E-state index in [0.717, 1.165) is 9.36 Å². The number of rotatable bonds is 5. The Bertz CT molecular complexity index is 965. The van der Waals surface area contributed by atoms with Crippen molar-refractivity contribution in [3.05, 3.63) is 52.3 Å². The van der Waals surface area contributed by atoms with Gasteiger partial charge in [0.05, 0.1) is 6.54 Å². The van der Waals surface area contributed by atoms with Crippen molar-refractivity contribution in [1.29, 1.82) is 0 Å². The second kappa shape index (κ2) is 7.00. The van der Waals surface area contributed by atoms with E-state index in [9.17, 15) is 9.59 Å². The molecule has 0 aliphatic carbocycles. The molecule has 0 saturated heterocycles. The lowest BCUT2D eigenvalue weighted by Gasteiger charge is -2.26. The van der Waals surface area contributed by atoms with Gasteiger partial charge in [-0.15, -0.1) is 11.3 Å². The quantitative estimate of drug-likeness (QED) is 0.697. The predicted molar refractivity (Wildman–Crippen MR) is 92.9 cm³/mol. The largest absolute Gasteiger partial charge is 0.486 e. The molecule has 0 bridgehead atoms. The number of thiophene rings is 1. The van der Waals surface area contributed by atoms with Gasteiger partial charge in [-0.25, -0.2) is 4.79 Å². The summed E-state index contributed by atoms with van der Waals surface area (Å²) in [6, 6.07) is 10.9. The highest BCUT2D eigenvalue weighted by molar-refractivity contribution is 7.12. The Labute approximate surface area is 151 Å². The number of tetrazole rings is 1. The van der Waals surface area contributed by atoms with Gasteiger partial charge in [-0.05, 0) is 40.1 Å². The minimum absolute atomic E-state index is 0.214. The molecule has 1 N–H and O–H groups in total. The predicted octanol–water partition coefficient (Wildman–Crippen LogP) is 0.447. The van der Waals surface area contributed by atoms with Crippen LogP contribution in [0, 0.1) is 0 Å². The minimum Gasteiger partial charge on any atom is -0.486 e. The Kier molecular flexibility index (Phi) is 4.40. The Balaban J connectivity index is 1.33. The lowest BCUT2D eigenvalue weighted by molar-refractivity contribution is -0.122. The SMILES string of the molecule is O=C(Cn1nnn(-c2cccs2)c1=O)NCC1COc2ccccc2O1. The maximum absolute atomic E-state index is 12.2. The van der Waals surface area contributed by atoms with Crippen LogP contribution in [0.25, 0.3) is 5.00 Å². The molecule has 1 atom stereocenters. The molecule has 10 heteroatoms. The molecule has 0 fully saturated rings. The monoisotopic (exact) mass is 373 g/mol. The summed E-state index contributed by atoms with van der Waals surface area (Å²) >= 11 is 1.36. The van der Waals surface area contributed by atoms with E-state index in [1.54, 1.807) is 6.07 Å². The van der Waals surface area contributed by atoms with E-state index in [1.807, 2.05) is 35.7 Å². The third-order valence-electron chi connectivity index (χ3n) is 3.74. The zero-order valence-corrected chi connectivity index (χ0v) is 14.4. The lowest BCUT2D eigenvalue weighted by Crippen LogP contribution is -2.42. The summed E-state index contributed by atoms with van der Waals surface area (Å²) in [5.74, 6) is 0.979. The van der Waals surface area contributed by atoms with Crippen molar-refractivity contribution in [2.75, 3.05) is 13.2 Å². The number of hydrogen-bond acceptors (Lipinski definition) is 7. The molecule has 2 aromatic heterocycles. The summed E-state index contributed by atoms with van der Waals surface area (Å²) in [6.45, 7) is 0.390. The number of benzene rings is 1. The summed E-state index contributed by atoms with van der Waals surface area (Å²) < 4.78 is 13.5. The lowest BCUT2D eigenvalue weighted by atomic mass is 10.2. The van der Waals surface area contributed by atoms with Gasteiger partial charge in [0.15, 0.2) is 11.5 Å². The molecule has 0 radical (unpaired) electrons. The third-order valence-corrected chi connectivity index (χ3v) is 4.59. The number of aromatic nitrogens is 4. The van der Waals surface area contributed by atoms with Gasteiger partial charge in [-0.3, -0.25) is 4.79 Å². The molecule has 1 aromatic carbocycles. The van der Waals surface area contributed by atoms with Gasteiger partial charge in [-0.2, -0.15) is 9.36 Å². The first kappa shape index (κ1) is 16.3. The van der Waals surface area contributed by atoms with E-state index in [2.05, 4.69) is 15.7 Å². The molecule has 1 unspecified atom stereocenters. The molecule has 1 aliphatic rings. The van der Waals surface area contributed by atoms with Gasteiger partial charge in [0.25, 0.3) is 0 Å². The standard InChI is InChI=1S/C16H15N5O4S/c22-14(9-20-16(23)21(19-18-20)15-6-3-7-26-15)17-8-11-10-24-12-4-1-2-5-13(12)25-11/h1-7,11H,8-10H2,(H,17,22). The third kappa shape index (κ3) is 3.31. The van der Waals surface area contributed by atoms with Crippen molar-refractivity contribution < 1.29 is 14.3 Å².